The lowest BCUT2D eigenvalue weighted by molar-refractivity contribution is 0.336. The second kappa shape index (κ2) is 9.37. The molecule has 0 radical (unpaired) electrons. The van der Waals surface area contributed by atoms with Gasteiger partial charge < -0.3 is 4.74 Å². The first kappa shape index (κ1) is 20.6. The van der Waals surface area contributed by atoms with Crippen LogP contribution in [0.25, 0.3) is 0 Å². The van der Waals surface area contributed by atoms with Crippen LogP contribution in [-0.2, 0) is 23.1 Å². The van der Waals surface area contributed by atoms with Crippen molar-refractivity contribution < 1.29 is 13.2 Å². The van der Waals surface area contributed by atoms with Crippen LogP contribution in [-0.4, -0.2) is 19.3 Å². The highest BCUT2D eigenvalue weighted by atomic mass is 79.9. The number of sulfonamides is 1. The highest BCUT2D eigenvalue weighted by Gasteiger charge is 2.26. The average molecular weight is 460 g/mol. The van der Waals surface area contributed by atoms with Gasteiger partial charge in [-0.25, -0.2) is 8.42 Å². The molecule has 0 amide bonds. The molecular weight excluding hydrogens is 438 g/mol. The molecule has 3 aromatic carbocycles. The molecule has 0 N–H and O–H groups in total. The molecule has 0 fully saturated rings. The van der Waals surface area contributed by atoms with Gasteiger partial charge in [0, 0.05) is 19.2 Å². The van der Waals surface area contributed by atoms with Gasteiger partial charge in [-0.15, -0.1) is 0 Å². The molecule has 0 spiro atoms. The van der Waals surface area contributed by atoms with Crippen LogP contribution in [0.15, 0.2) is 88.2 Å². The number of hydrogen-bond acceptors (Lipinski definition) is 3. The number of hydrogen-bond donors (Lipinski definition) is 0. The van der Waals surface area contributed by atoms with Gasteiger partial charge in [-0.1, -0.05) is 60.7 Å². The highest BCUT2D eigenvalue weighted by molar-refractivity contribution is 9.10. The van der Waals surface area contributed by atoms with Crippen LogP contribution in [0.2, 0.25) is 0 Å². The number of benzene rings is 3. The molecule has 0 unspecified atom stereocenters. The molecule has 3 rings (SSSR count). The van der Waals surface area contributed by atoms with E-state index in [1.54, 1.807) is 18.2 Å². The minimum Gasteiger partial charge on any atom is -0.493 e. The van der Waals surface area contributed by atoms with Crippen molar-refractivity contribution >= 4 is 26.0 Å². The molecule has 0 aliphatic heterocycles. The fraction of sp³-hybridized carbons (Fsp3) is 0.182. The summed E-state index contributed by atoms with van der Waals surface area (Å²) in [5.74, 6) is 0.517. The van der Waals surface area contributed by atoms with Crippen molar-refractivity contribution in [2.24, 2.45) is 0 Å². The summed E-state index contributed by atoms with van der Waals surface area (Å²) in [4.78, 5) is 0.214. The molecule has 0 heterocycles. The average Bonchev–Trinajstić information content (AvgIpc) is 2.71. The van der Waals surface area contributed by atoms with Crippen molar-refractivity contribution in [1.29, 1.82) is 0 Å². The summed E-state index contributed by atoms with van der Waals surface area (Å²) >= 11 is 3.41. The second-order valence-electron chi connectivity index (χ2n) is 6.27. The summed E-state index contributed by atoms with van der Waals surface area (Å²) in [5.41, 5.74) is 1.87. The molecule has 3 aromatic rings. The van der Waals surface area contributed by atoms with E-state index in [4.69, 9.17) is 4.74 Å². The van der Waals surface area contributed by atoms with Gasteiger partial charge in [0.05, 0.1) is 16.0 Å². The first-order valence-corrected chi connectivity index (χ1v) is 11.2. The molecule has 0 aliphatic rings. The number of rotatable bonds is 8. The highest BCUT2D eigenvalue weighted by Crippen LogP contribution is 2.30. The molecule has 6 heteroatoms. The third kappa shape index (κ3) is 5.01. The van der Waals surface area contributed by atoms with Crippen LogP contribution in [0.5, 0.6) is 5.75 Å². The third-order valence-electron chi connectivity index (χ3n) is 4.24. The van der Waals surface area contributed by atoms with Crippen molar-refractivity contribution in [1.82, 2.24) is 4.31 Å². The van der Waals surface area contributed by atoms with E-state index in [0.29, 0.717) is 12.4 Å². The molecule has 4 nitrogen and oxygen atoms in total. The smallest absolute Gasteiger partial charge is 0.243 e. The first-order valence-electron chi connectivity index (χ1n) is 9.01. The molecule has 0 aromatic heterocycles. The summed E-state index contributed by atoms with van der Waals surface area (Å²) in [5, 5.41) is 0. The zero-order valence-corrected chi connectivity index (χ0v) is 18.0. The van der Waals surface area contributed by atoms with Gasteiger partial charge in [0.1, 0.15) is 5.75 Å². The Morgan fingerprint density at radius 2 is 1.39 bits per heavy atom. The lowest BCUT2D eigenvalue weighted by Gasteiger charge is -2.23. The molecule has 0 saturated heterocycles. The second-order valence-corrected chi connectivity index (χ2v) is 9.06. The summed E-state index contributed by atoms with van der Waals surface area (Å²) in [6.45, 7) is 2.90. The summed E-state index contributed by atoms with van der Waals surface area (Å²) < 4.78 is 34.7. The predicted molar refractivity (Wildman–Crippen MR) is 115 cm³/mol. The Hall–Kier alpha value is -2.15. The maximum atomic E-state index is 13.5. The Morgan fingerprint density at radius 1 is 0.857 bits per heavy atom. The Morgan fingerprint density at radius 3 is 1.89 bits per heavy atom. The zero-order chi connectivity index (χ0) is 20.0. The maximum Gasteiger partial charge on any atom is 0.243 e. The fourth-order valence-corrected chi connectivity index (χ4v) is 4.65. The summed E-state index contributed by atoms with van der Waals surface area (Å²) in [6.07, 6.45) is 0. The summed E-state index contributed by atoms with van der Waals surface area (Å²) in [7, 11) is -3.72. The molecule has 146 valence electrons. The molecule has 0 atom stereocenters. The van der Waals surface area contributed by atoms with Gasteiger partial charge in [0.25, 0.3) is 0 Å². The number of nitrogens with zero attached hydrogens (tertiary/aromatic N) is 1. The van der Waals surface area contributed by atoms with E-state index < -0.39 is 10.0 Å². The van der Waals surface area contributed by atoms with E-state index in [0.717, 1.165) is 15.6 Å². The predicted octanol–water partition coefficient (Wildman–Crippen LogP) is 5.24. The minimum absolute atomic E-state index is 0.214. The van der Waals surface area contributed by atoms with E-state index in [1.807, 2.05) is 67.6 Å². The van der Waals surface area contributed by atoms with Crippen LogP contribution in [0.4, 0.5) is 0 Å². The topological polar surface area (TPSA) is 46.6 Å². The zero-order valence-electron chi connectivity index (χ0n) is 15.6. The lowest BCUT2D eigenvalue weighted by atomic mass is 10.2. The molecule has 28 heavy (non-hydrogen) atoms. The van der Waals surface area contributed by atoms with E-state index >= 15 is 0 Å². The fourth-order valence-electron chi connectivity index (χ4n) is 2.86. The van der Waals surface area contributed by atoms with Gasteiger partial charge in [-0.05, 0) is 46.1 Å². The van der Waals surface area contributed by atoms with Crippen molar-refractivity contribution in [2.45, 2.75) is 24.9 Å². The Labute approximate surface area is 175 Å². The minimum atomic E-state index is -3.72. The third-order valence-corrected chi connectivity index (χ3v) is 6.69. The van der Waals surface area contributed by atoms with Crippen LogP contribution in [0, 0.1) is 0 Å². The monoisotopic (exact) mass is 459 g/mol. The van der Waals surface area contributed by atoms with Crippen LogP contribution >= 0.6 is 15.9 Å². The van der Waals surface area contributed by atoms with Gasteiger partial charge in [0.15, 0.2) is 0 Å². The van der Waals surface area contributed by atoms with Gasteiger partial charge >= 0.3 is 0 Å². The maximum absolute atomic E-state index is 13.5. The van der Waals surface area contributed by atoms with Crippen molar-refractivity contribution in [3.8, 4) is 5.75 Å². The number of halogens is 1. The molecule has 0 aliphatic carbocycles. The van der Waals surface area contributed by atoms with Crippen molar-refractivity contribution in [2.75, 3.05) is 6.61 Å². The van der Waals surface area contributed by atoms with Crippen LogP contribution in [0.1, 0.15) is 18.1 Å². The van der Waals surface area contributed by atoms with Gasteiger partial charge in [-0.2, -0.15) is 4.31 Å². The lowest BCUT2D eigenvalue weighted by Crippen LogP contribution is -2.30. The standard InChI is InChI=1S/C22H22BrNO3S/c1-2-27-22-15-20(13-14-21(22)23)28(25,26)24(16-18-9-5-3-6-10-18)17-19-11-7-4-8-12-19/h3-15H,2,16-17H2,1H3. The quantitative estimate of drug-likeness (QED) is 0.462. The van der Waals surface area contributed by atoms with E-state index in [-0.39, 0.29) is 18.0 Å². The molecule has 0 bridgehead atoms. The van der Waals surface area contributed by atoms with Gasteiger partial charge in [0.2, 0.25) is 10.0 Å². The van der Waals surface area contributed by atoms with Gasteiger partial charge in [-0.3, -0.25) is 0 Å². The molecular formula is C22H22BrNO3S. The largest absolute Gasteiger partial charge is 0.493 e. The van der Waals surface area contributed by atoms with Crippen molar-refractivity contribution in [3.63, 3.8) is 0 Å². The summed E-state index contributed by atoms with van der Waals surface area (Å²) in [6, 6.07) is 24.1. The van der Waals surface area contributed by atoms with Crippen molar-refractivity contribution in [3.05, 3.63) is 94.5 Å². The number of ether oxygens (including phenoxy) is 1. The normalized spacial score (nSPS) is 11.5. The first-order chi connectivity index (χ1) is 13.5. The SMILES string of the molecule is CCOc1cc(S(=O)(=O)N(Cc2ccccc2)Cc2ccccc2)ccc1Br. The Bertz CT molecular complexity index is 967. The van der Waals surface area contributed by atoms with Crippen LogP contribution in [0.3, 0.4) is 0 Å². The molecule has 0 saturated carbocycles. The van der Waals surface area contributed by atoms with E-state index in [1.165, 1.54) is 4.31 Å². The van der Waals surface area contributed by atoms with E-state index in [2.05, 4.69) is 15.9 Å². The Kier molecular flexibility index (Phi) is 6.88. The van der Waals surface area contributed by atoms with Crippen LogP contribution < -0.4 is 4.74 Å². The van der Waals surface area contributed by atoms with E-state index in [9.17, 15) is 8.42 Å². The Balaban J connectivity index is 1.98.